The van der Waals surface area contributed by atoms with E-state index in [1.807, 2.05) is 0 Å². The molecule has 0 aromatic rings. The van der Waals surface area contributed by atoms with Gasteiger partial charge in [-0.2, -0.15) is 0 Å². The smallest absolute Gasteiger partial charge is 0.232 e. The van der Waals surface area contributed by atoms with Gasteiger partial charge in [0.2, 0.25) is 17.7 Å². The third kappa shape index (κ3) is 1.91. The van der Waals surface area contributed by atoms with E-state index in [4.69, 9.17) is 11.6 Å². The summed E-state index contributed by atoms with van der Waals surface area (Å²) in [6, 6.07) is 0. The first kappa shape index (κ1) is 11.4. The van der Waals surface area contributed by atoms with Gasteiger partial charge in [-0.15, -0.1) is 11.6 Å². The summed E-state index contributed by atoms with van der Waals surface area (Å²) in [7, 11) is 0. The van der Waals surface area contributed by atoms with Gasteiger partial charge in [-0.25, -0.2) is 0 Å². The van der Waals surface area contributed by atoms with Crippen LogP contribution in [0.4, 0.5) is 0 Å². The monoisotopic (exact) mass is 244 g/mol. The fourth-order valence-electron chi connectivity index (χ4n) is 2.30. The van der Waals surface area contributed by atoms with Crippen molar-refractivity contribution in [2.75, 3.05) is 19.0 Å². The second kappa shape index (κ2) is 4.41. The summed E-state index contributed by atoms with van der Waals surface area (Å²) in [5.41, 5.74) is 0. The van der Waals surface area contributed by atoms with Crippen LogP contribution in [0.1, 0.15) is 12.8 Å². The summed E-state index contributed by atoms with van der Waals surface area (Å²) in [4.78, 5) is 36.0. The second-order valence-corrected chi connectivity index (χ2v) is 4.51. The largest absolute Gasteiger partial charge is 0.342 e. The first-order chi connectivity index (χ1) is 7.63. The number of carbonyl (C=O) groups excluding carboxylic acids is 3. The van der Waals surface area contributed by atoms with Gasteiger partial charge in [-0.1, -0.05) is 0 Å². The average molecular weight is 245 g/mol. The minimum atomic E-state index is -0.361. The Morgan fingerprint density at radius 1 is 1.38 bits per heavy atom. The highest BCUT2D eigenvalue weighted by Crippen LogP contribution is 2.28. The molecule has 2 rings (SSSR count). The molecule has 2 atom stereocenters. The van der Waals surface area contributed by atoms with Crippen molar-refractivity contribution in [1.82, 2.24) is 10.2 Å². The molecule has 2 saturated heterocycles. The number of halogens is 1. The standard InChI is InChI=1S/C10H13ClN2O3/c11-3-1-8(14)13-4-2-6-7(5-13)10(16)12-9(6)15/h6-7H,1-5H2,(H,12,15,16)/t6-,7-/m0/s1. The molecule has 0 aliphatic carbocycles. The number of nitrogens with zero attached hydrogens (tertiary/aromatic N) is 1. The normalized spacial score (nSPS) is 28.9. The van der Waals surface area contributed by atoms with Gasteiger partial charge >= 0.3 is 0 Å². The Kier molecular flexibility index (Phi) is 3.14. The molecule has 2 heterocycles. The molecule has 2 aliphatic rings. The minimum Gasteiger partial charge on any atom is -0.342 e. The second-order valence-electron chi connectivity index (χ2n) is 4.13. The third-order valence-electron chi connectivity index (χ3n) is 3.19. The summed E-state index contributed by atoms with van der Waals surface area (Å²) < 4.78 is 0. The fraction of sp³-hybridized carbons (Fsp3) is 0.700. The molecule has 5 nitrogen and oxygen atoms in total. The number of amides is 3. The molecule has 0 radical (unpaired) electrons. The maximum Gasteiger partial charge on any atom is 0.232 e. The van der Waals surface area contributed by atoms with E-state index in [0.29, 0.717) is 19.5 Å². The maximum atomic E-state index is 11.6. The number of rotatable bonds is 2. The Morgan fingerprint density at radius 2 is 2.06 bits per heavy atom. The molecule has 6 heteroatoms. The van der Waals surface area contributed by atoms with E-state index in [9.17, 15) is 14.4 Å². The van der Waals surface area contributed by atoms with Crippen LogP contribution in [0, 0.1) is 11.8 Å². The van der Waals surface area contributed by atoms with Crippen LogP contribution < -0.4 is 5.32 Å². The SMILES string of the molecule is O=C1NC(=O)[C@H]2CN(C(=O)CCCl)CC[C@H]12. The molecule has 0 spiro atoms. The highest BCUT2D eigenvalue weighted by atomic mass is 35.5. The number of hydrogen-bond acceptors (Lipinski definition) is 3. The summed E-state index contributed by atoms with van der Waals surface area (Å²) in [6.07, 6.45) is 0.852. The maximum absolute atomic E-state index is 11.6. The number of fused-ring (bicyclic) bond motifs is 1. The van der Waals surface area contributed by atoms with E-state index < -0.39 is 0 Å². The van der Waals surface area contributed by atoms with Crippen LogP contribution in [0.3, 0.4) is 0 Å². The fourth-order valence-corrected chi connectivity index (χ4v) is 2.47. The van der Waals surface area contributed by atoms with E-state index in [0.717, 1.165) is 0 Å². The van der Waals surface area contributed by atoms with Crippen molar-refractivity contribution in [3.8, 4) is 0 Å². The lowest BCUT2D eigenvalue weighted by Crippen LogP contribution is -2.45. The number of piperidine rings is 1. The van der Waals surface area contributed by atoms with Crippen LogP contribution in [0.15, 0.2) is 0 Å². The van der Waals surface area contributed by atoms with Crippen molar-refractivity contribution < 1.29 is 14.4 Å². The molecule has 2 aliphatic heterocycles. The third-order valence-corrected chi connectivity index (χ3v) is 3.38. The number of hydrogen-bond donors (Lipinski definition) is 1. The van der Waals surface area contributed by atoms with E-state index in [-0.39, 0.29) is 41.9 Å². The summed E-state index contributed by atoms with van der Waals surface area (Å²) in [5.74, 6) is -0.805. The van der Waals surface area contributed by atoms with E-state index in [1.165, 1.54) is 0 Å². The van der Waals surface area contributed by atoms with E-state index >= 15 is 0 Å². The highest BCUT2D eigenvalue weighted by Gasteiger charge is 2.45. The first-order valence-corrected chi connectivity index (χ1v) is 5.85. The topological polar surface area (TPSA) is 66.5 Å². The van der Waals surface area contributed by atoms with Crippen LogP contribution in [0.5, 0.6) is 0 Å². The van der Waals surface area contributed by atoms with Crippen molar-refractivity contribution in [1.29, 1.82) is 0 Å². The van der Waals surface area contributed by atoms with E-state index in [2.05, 4.69) is 5.32 Å². The Bertz CT molecular complexity index is 345. The number of nitrogens with one attached hydrogen (secondary N) is 1. The zero-order valence-electron chi connectivity index (χ0n) is 8.74. The average Bonchev–Trinajstić information content (AvgIpc) is 2.55. The molecule has 88 valence electrons. The summed E-state index contributed by atoms with van der Waals surface area (Å²) in [5, 5.41) is 2.31. The van der Waals surface area contributed by atoms with Gasteiger partial charge in [0.05, 0.1) is 11.8 Å². The van der Waals surface area contributed by atoms with Gasteiger partial charge in [0.15, 0.2) is 0 Å². The van der Waals surface area contributed by atoms with Crippen molar-refractivity contribution in [2.45, 2.75) is 12.8 Å². The first-order valence-electron chi connectivity index (χ1n) is 5.32. The Labute approximate surface area is 98.1 Å². The molecule has 0 bridgehead atoms. The van der Waals surface area contributed by atoms with Crippen LogP contribution >= 0.6 is 11.6 Å². The zero-order chi connectivity index (χ0) is 11.7. The van der Waals surface area contributed by atoms with Crippen LogP contribution in [0.25, 0.3) is 0 Å². The Morgan fingerprint density at radius 3 is 2.75 bits per heavy atom. The van der Waals surface area contributed by atoms with Gasteiger partial charge in [0.1, 0.15) is 0 Å². The highest BCUT2D eigenvalue weighted by molar-refractivity contribution is 6.18. The molecule has 0 aromatic carbocycles. The number of imide groups is 1. The van der Waals surface area contributed by atoms with Gasteiger partial charge in [-0.3, -0.25) is 19.7 Å². The molecule has 0 unspecified atom stereocenters. The lowest BCUT2D eigenvalue weighted by atomic mass is 9.87. The van der Waals surface area contributed by atoms with Crippen LogP contribution in [-0.2, 0) is 14.4 Å². The summed E-state index contributed by atoms with van der Waals surface area (Å²) in [6.45, 7) is 0.884. The quantitative estimate of drug-likeness (QED) is 0.538. The van der Waals surface area contributed by atoms with Gasteiger partial charge < -0.3 is 4.90 Å². The molecule has 16 heavy (non-hydrogen) atoms. The molecular formula is C10H13ClN2O3. The van der Waals surface area contributed by atoms with Crippen LogP contribution in [0.2, 0.25) is 0 Å². The van der Waals surface area contributed by atoms with Crippen molar-refractivity contribution in [3.05, 3.63) is 0 Å². The molecular weight excluding hydrogens is 232 g/mol. The zero-order valence-corrected chi connectivity index (χ0v) is 9.50. The molecule has 0 aromatic heterocycles. The number of carbonyl (C=O) groups is 3. The molecule has 1 N–H and O–H groups in total. The minimum absolute atomic E-state index is 0.0411. The number of likely N-dealkylation sites (tertiary alicyclic amines) is 1. The van der Waals surface area contributed by atoms with Crippen molar-refractivity contribution in [3.63, 3.8) is 0 Å². The Balaban J connectivity index is 2.02. The lowest BCUT2D eigenvalue weighted by Gasteiger charge is -2.32. The van der Waals surface area contributed by atoms with Crippen LogP contribution in [-0.4, -0.2) is 41.6 Å². The summed E-state index contributed by atoms with van der Waals surface area (Å²) >= 11 is 5.50. The predicted octanol–water partition coefficient (Wildman–Crippen LogP) is -0.264. The predicted molar refractivity (Wildman–Crippen MR) is 56.7 cm³/mol. The van der Waals surface area contributed by atoms with Gasteiger partial charge in [0.25, 0.3) is 0 Å². The molecule has 0 saturated carbocycles. The molecule has 3 amide bonds. The van der Waals surface area contributed by atoms with Crippen molar-refractivity contribution in [2.24, 2.45) is 11.8 Å². The van der Waals surface area contributed by atoms with Gasteiger partial charge in [-0.05, 0) is 6.42 Å². The van der Waals surface area contributed by atoms with E-state index in [1.54, 1.807) is 4.90 Å². The number of alkyl halides is 1. The van der Waals surface area contributed by atoms with Crippen molar-refractivity contribution >= 4 is 29.3 Å². The lowest BCUT2D eigenvalue weighted by molar-refractivity contribution is -0.136. The molecule has 2 fully saturated rings. The Hall–Kier alpha value is -1.10. The van der Waals surface area contributed by atoms with Gasteiger partial charge in [0, 0.05) is 25.4 Å².